The van der Waals surface area contributed by atoms with Crippen molar-refractivity contribution in [3.05, 3.63) is 71.9 Å². The van der Waals surface area contributed by atoms with Crippen LogP contribution in [0.5, 0.6) is 0 Å². The minimum Gasteiger partial charge on any atom is -0.347 e. The maximum atomic E-state index is 11.0. The zero-order valence-electron chi connectivity index (χ0n) is 10.6. The van der Waals surface area contributed by atoms with Gasteiger partial charge in [0.05, 0.1) is 0 Å². The van der Waals surface area contributed by atoms with Crippen LogP contribution in [0, 0.1) is 0 Å². The molecule has 0 aliphatic carbocycles. The monoisotopic (exact) mass is 249 g/mol. The number of rotatable bonds is 4. The second kappa shape index (κ2) is 5.11. The number of hydrogen-bond acceptors (Lipinski definition) is 1. The van der Waals surface area contributed by atoms with Crippen molar-refractivity contribution in [2.24, 2.45) is 0 Å². The molecule has 0 radical (unpaired) electrons. The average Bonchev–Trinajstić information content (AvgIpc) is 2.89. The number of aldehydes is 1. The van der Waals surface area contributed by atoms with Crippen molar-refractivity contribution < 1.29 is 4.79 Å². The molecule has 0 bridgehead atoms. The Labute approximate surface area is 112 Å². The fourth-order valence-electron chi connectivity index (χ4n) is 2.44. The van der Waals surface area contributed by atoms with Gasteiger partial charge in [0.1, 0.15) is 0 Å². The third kappa shape index (κ3) is 2.29. The molecule has 19 heavy (non-hydrogen) atoms. The Kier molecular flexibility index (Phi) is 3.15. The van der Waals surface area contributed by atoms with E-state index in [4.69, 9.17) is 0 Å². The molecule has 0 aliphatic rings. The van der Waals surface area contributed by atoms with Crippen LogP contribution in [0.4, 0.5) is 0 Å². The highest BCUT2D eigenvalue weighted by Crippen LogP contribution is 2.19. The van der Waals surface area contributed by atoms with Crippen LogP contribution in [-0.4, -0.2) is 10.9 Å². The topological polar surface area (TPSA) is 22.0 Å². The number of fused-ring (bicyclic) bond motifs is 1. The zero-order chi connectivity index (χ0) is 13.1. The van der Waals surface area contributed by atoms with Crippen molar-refractivity contribution in [1.29, 1.82) is 0 Å². The summed E-state index contributed by atoms with van der Waals surface area (Å²) in [5, 5.41) is 1.03. The van der Waals surface area contributed by atoms with E-state index in [2.05, 4.69) is 41.1 Å². The molecular weight excluding hydrogens is 234 g/mol. The third-order valence-corrected chi connectivity index (χ3v) is 3.46. The van der Waals surface area contributed by atoms with Gasteiger partial charge in [-0.25, -0.2) is 0 Å². The van der Waals surface area contributed by atoms with Crippen molar-refractivity contribution in [3.63, 3.8) is 0 Å². The average molecular weight is 249 g/mol. The number of nitrogens with zero attached hydrogens (tertiary/aromatic N) is 1. The number of aryl methyl sites for hydroxylation is 2. The van der Waals surface area contributed by atoms with Gasteiger partial charge in [-0.15, -0.1) is 0 Å². The Morgan fingerprint density at radius 1 is 0.947 bits per heavy atom. The third-order valence-electron chi connectivity index (χ3n) is 3.46. The highest BCUT2D eigenvalue weighted by atomic mass is 16.1. The summed E-state index contributed by atoms with van der Waals surface area (Å²) in [6, 6.07) is 18.3. The Bertz CT molecular complexity index is 698. The maximum absolute atomic E-state index is 11.0. The molecule has 1 heterocycles. The molecule has 0 unspecified atom stereocenters. The predicted molar refractivity (Wildman–Crippen MR) is 77.5 cm³/mol. The van der Waals surface area contributed by atoms with E-state index >= 15 is 0 Å². The number of aromatic nitrogens is 1. The molecule has 0 N–H and O–H groups in total. The number of hydrogen-bond donors (Lipinski definition) is 0. The van der Waals surface area contributed by atoms with E-state index in [-0.39, 0.29) is 0 Å². The van der Waals surface area contributed by atoms with Crippen molar-refractivity contribution in [1.82, 2.24) is 4.57 Å². The van der Waals surface area contributed by atoms with E-state index < -0.39 is 0 Å². The Hall–Kier alpha value is -2.35. The van der Waals surface area contributed by atoms with E-state index in [0.29, 0.717) is 0 Å². The molecule has 0 aliphatic heterocycles. The Morgan fingerprint density at radius 2 is 1.79 bits per heavy atom. The summed E-state index contributed by atoms with van der Waals surface area (Å²) < 4.78 is 2.20. The minimum absolute atomic E-state index is 0.760. The maximum Gasteiger partial charge on any atom is 0.150 e. The number of carbonyl (C=O) groups excluding carboxylic acids is 1. The van der Waals surface area contributed by atoms with Gasteiger partial charge in [-0.1, -0.05) is 42.5 Å². The molecule has 3 aromatic rings. The van der Waals surface area contributed by atoms with Crippen LogP contribution in [0.15, 0.2) is 60.8 Å². The van der Waals surface area contributed by atoms with Gasteiger partial charge in [0, 0.05) is 29.2 Å². The predicted octanol–water partition coefficient (Wildman–Crippen LogP) is 3.70. The highest BCUT2D eigenvalue weighted by molar-refractivity contribution is 5.97. The van der Waals surface area contributed by atoms with Gasteiger partial charge in [0.2, 0.25) is 0 Å². The lowest BCUT2D eigenvalue weighted by Gasteiger charge is -2.06. The molecule has 2 nitrogen and oxygen atoms in total. The van der Waals surface area contributed by atoms with E-state index in [0.717, 1.165) is 35.7 Å². The first kappa shape index (κ1) is 11.7. The smallest absolute Gasteiger partial charge is 0.150 e. The van der Waals surface area contributed by atoms with Crippen LogP contribution >= 0.6 is 0 Å². The van der Waals surface area contributed by atoms with Crippen LogP contribution in [0.25, 0.3) is 10.9 Å². The molecule has 0 spiro atoms. The van der Waals surface area contributed by atoms with E-state index in [1.807, 2.05) is 24.3 Å². The van der Waals surface area contributed by atoms with E-state index in [1.54, 1.807) is 0 Å². The van der Waals surface area contributed by atoms with Gasteiger partial charge in [-0.3, -0.25) is 4.79 Å². The largest absolute Gasteiger partial charge is 0.347 e. The molecule has 2 aromatic carbocycles. The van der Waals surface area contributed by atoms with Gasteiger partial charge in [0.15, 0.2) is 6.29 Å². The first-order chi connectivity index (χ1) is 9.38. The summed E-state index contributed by atoms with van der Waals surface area (Å²) >= 11 is 0. The lowest BCUT2D eigenvalue weighted by Crippen LogP contribution is -1.99. The molecule has 2 heteroatoms. The molecule has 0 fully saturated rings. The first-order valence-electron chi connectivity index (χ1n) is 6.45. The van der Waals surface area contributed by atoms with Gasteiger partial charge in [-0.2, -0.15) is 0 Å². The molecule has 1 aromatic heterocycles. The number of carbonyl (C=O) groups is 1. The van der Waals surface area contributed by atoms with Crippen LogP contribution in [0.3, 0.4) is 0 Å². The lowest BCUT2D eigenvalue weighted by molar-refractivity contribution is 0.112. The summed E-state index contributed by atoms with van der Waals surface area (Å²) in [7, 11) is 0. The Morgan fingerprint density at radius 3 is 2.58 bits per heavy atom. The van der Waals surface area contributed by atoms with Crippen molar-refractivity contribution >= 4 is 17.2 Å². The summed E-state index contributed by atoms with van der Waals surface area (Å²) in [6.07, 6.45) is 3.97. The minimum atomic E-state index is 0.760. The Balaban J connectivity index is 1.88. The second-order valence-electron chi connectivity index (χ2n) is 4.64. The van der Waals surface area contributed by atoms with Crippen LogP contribution in [0.2, 0.25) is 0 Å². The fourth-order valence-corrected chi connectivity index (χ4v) is 2.44. The first-order valence-corrected chi connectivity index (χ1v) is 6.45. The summed E-state index contributed by atoms with van der Waals surface area (Å²) in [5.74, 6) is 0. The van der Waals surface area contributed by atoms with Gasteiger partial charge >= 0.3 is 0 Å². The zero-order valence-corrected chi connectivity index (χ0v) is 10.6. The van der Waals surface area contributed by atoms with Crippen molar-refractivity contribution in [2.75, 3.05) is 0 Å². The quantitative estimate of drug-likeness (QED) is 0.646. The van der Waals surface area contributed by atoms with Crippen molar-refractivity contribution in [3.8, 4) is 0 Å². The van der Waals surface area contributed by atoms with Crippen LogP contribution in [0.1, 0.15) is 15.9 Å². The summed E-state index contributed by atoms with van der Waals surface area (Å²) in [6.45, 7) is 0.926. The van der Waals surface area contributed by atoms with Gasteiger partial charge in [-0.05, 0) is 24.1 Å². The molecule has 0 atom stereocenters. The number of benzene rings is 2. The van der Waals surface area contributed by atoms with Gasteiger partial charge in [0.25, 0.3) is 0 Å². The van der Waals surface area contributed by atoms with E-state index in [9.17, 15) is 4.79 Å². The normalized spacial score (nSPS) is 10.7. The molecule has 94 valence electrons. The second-order valence-corrected chi connectivity index (χ2v) is 4.64. The lowest BCUT2D eigenvalue weighted by atomic mass is 10.1. The molecule has 0 saturated heterocycles. The molecule has 0 amide bonds. The molecule has 0 saturated carbocycles. The highest BCUT2D eigenvalue weighted by Gasteiger charge is 2.04. The fraction of sp³-hybridized carbons (Fsp3) is 0.118. The summed E-state index contributed by atoms with van der Waals surface area (Å²) in [5.41, 5.74) is 3.22. The molecular formula is C17H15NO. The van der Waals surface area contributed by atoms with Gasteiger partial charge < -0.3 is 4.57 Å². The standard InChI is InChI=1S/C17H15NO/c19-13-15-7-4-8-17-16(15)10-12-18(17)11-9-14-5-2-1-3-6-14/h1-8,10,12-13H,9,11H2. The van der Waals surface area contributed by atoms with Crippen molar-refractivity contribution in [2.45, 2.75) is 13.0 Å². The van der Waals surface area contributed by atoms with Crippen LogP contribution < -0.4 is 0 Å². The SMILES string of the molecule is O=Cc1cccc2c1ccn2CCc1ccccc1. The summed E-state index contributed by atoms with van der Waals surface area (Å²) in [4.78, 5) is 11.0. The van der Waals surface area contributed by atoms with Crippen LogP contribution in [-0.2, 0) is 13.0 Å². The van der Waals surface area contributed by atoms with E-state index in [1.165, 1.54) is 5.56 Å². The molecule has 3 rings (SSSR count).